The minimum atomic E-state index is -4.53. The highest BCUT2D eigenvalue weighted by molar-refractivity contribution is 9.10. The fraction of sp³-hybridized carbons (Fsp3) is 0.417. The molecule has 1 aliphatic rings. The zero-order valence-electron chi connectivity index (χ0n) is 10.2. The van der Waals surface area contributed by atoms with Crippen LogP contribution in [0, 0.1) is 0 Å². The van der Waals surface area contributed by atoms with Crippen LogP contribution >= 0.6 is 15.9 Å². The number of nitrogens with one attached hydrogen (secondary N) is 1. The Morgan fingerprint density at radius 2 is 2.15 bits per heavy atom. The fourth-order valence-corrected chi connectivity index (χ4v) is 2.56. The molecule has 2 N–H and O–H groups in total. The number of aliphatic carboxylic acids is 1. The summed E-state index contributed by atoms with van der Waals surface area (Å²) < 4.78 is 39.6. The number of nitrogens with zero attached hydrogens (tertiary/aromatic N) is 1. The van der Waals surface area contributed by atoms with Gasteiger partial charge in [-0.3, -0.25) is 0 Å². The van der Waals surface area contributed by atoms with Gasteiger partial charge in [-0.2, -0.15) is 13.2 Å². The maximum absolute atomic E-state index is 13.1. The maximum atomic E-state index is 13.1. The summed E-state index contributed by atoms with van der Waals surface area (Å²) in [7, 11) is 0. The van der Waals surface area contributed by atoms with Gasteiger partial charge in [-0.15, -0.1) is 0 Å². The zero-order chi connectivity index (χ0) is 14.9. The summed E-state index contributed by atoms with van der Waals surface area (Å²) in [5.74, 6) is -1.15. The molecule has 0 bridgehead atoms. The van der Waals surface area contributed by atoms with Crippen LogP contribution in [0.3, 0.4) is 0 Å². The van der Waals surface area contributed by atoms with Gasteiger partial charge >= 0.3 is 12.1 Å². The first-order valence-corrected chi connectivity index (χ1v) is 6.67. The highest BCUT2D eigenvalue weighted by Gasteiger charge is 2.38. The van der Waals surface area contributed by atoms with Crippen LogP contribution in [0.2, 0.25) is 0 Å². The number of carboxylic acid groups (broad SMARTS) is 1. The number of anilines is 1. The molecule has 1 saturated heterocycles. The van der Waals surface area contributed by atoms with E-state index in [-0.39, 0.29) is 18.8 Å². The van der Waals surface area contributed by atoms with Crippen LogP contribution in [-0.2, 0) is 11.0 Å². The van der Waals surface area contributed by atoms with E-state index in [1.807, 2.05) is 0 Å². The molecule has 1 aromatic carbocycles. The summed E-state index contributed by atoms with van der Waals surface area (Å²) in [6.45, 7) is 0.765. The predicted octanol–water partition coefficient (Wildman–Crippen LogP) is 2.33. The van der Waals surface area contributed by atoms with Crippen LogP contribution in [0.1, 0.15) is 5.56 Å². The molecule has 1 unspecified atom stereocenters. The number of hydrogen-bond acceptors (Lipinski definition) is 3. The topological polar surface area (TPSA) is 52.6 Å². The molecule has 0 spiro atoms. The minimum absolute atomic E-state index is 0.102. The molecular formula is C12H12BrF3N2O2. The van der Waals surface area contributed by atoms with Crippen molar-refractivity contribution in [3.05, 3.63) is 28.2 Å². The Balaban J connectivity index is 2.47. The maximum Gasteiger partial charge on any atom is 0.418 e. The largest absolute Gasteiger partial charge is 0.480 e. The molecule has 4 nitrogen and oxygen atoms in total. The van der Waals surface area contributed by atoms with Crippen molar-refractivity contribution in [3.63, 3.8) is 0 Å². The zero-order valence-corrected chi connectivity index (χ0v) is 11.8. The number of carboxylic acids is 1. The van der Waals surface area contributed by atoms with Crippen molar-refractivity contribution < 1.29 is 23.1 Å². The molecule has 8 heteroatoms. The van der Waals surface area contributed by atoms with E-state index in [4.69, 9.17) is 5.11 Å². The van der Waals surface area contributed by atoms with E-state index in [1.54, 1.807) is 0 Å². The van der Waals surface area contributed by atoms with Crippen LogP contribution in [0.15, 0.2) is 22.7 Å². The van der Waals surface area contributed by atoms with Gasteiger partial charge in [0, 0.05) is 29.8 Å². The SMILES string of the molecule is O=C(O)C1CNCCN1c1ccc(Br)cc1C(F)(F)F. The lowest BCUT2D eigenvalue weighted by Crippen LogP contribution is -2.55. The van der Waals surface area contributed by atoms with Gasteiger partial charge in [0.05, 0.1) is 5.56 Å². The molecule has 0 saturated carbocycles. The number of carbonyl (C=O) groups is 1. The van der Waals surface area contributed by atoms with E-state index in [0.717, 1.165) is 6.07 Å². The van der Waals surface area contributed by atoms with Gasteiger partial charge in [-0.05, 0) is 18.2 Å². The van der Waals surface area contributed by atoms with E-state index in [1.165, 1.54) is 17.0 Å². The number of piperazine rings is 1. The van der Waals surface area contributed by atoms with Crippen LogP contribution < -0.4 is 10.2 Å². The summed E-state index contributed by atoms with van der Waals surface area (Å²) in [5.41, 5.74) is -0.936. The Morgan fingerprint density at radius 3 is 2.75 bits per heavy atom. The van der Waals surface area contributed by atoms with Crippen molar-refractivity contribution in [2.45, 2.75) is 12.2 Å². The first-order chi connectivity index (χ1) is 9.30. The van der Waals surface area contributed by atoms with E-state index in [2.05, 4.69) is 21.2 Å². The molecule has 0 aromatic heterocycles. The Morgan fingerprint density at radius 1 is 1.45 bits per heavy atom. The number of benzene rings is 1. The van der Waals surface area contributed by atoms with Gasteiger partial charge in [-0.1, -0.05) is 15.9 Å². The third kappa shape index (κ3) is 3.06. The first kappa shape index (κ1) is 15.1. The van der Waals surface area contributed by atoms with Gasteiger partial charge in [0.15, 0.2) is 0 Å². The highest BCUT2D eigenvalue weighted by Crippen LogP contribution is 2.39. The minimum Gasteiger partial charge on any atom is -0.480 e. The van der Waals surface area contributed by atoms with Gasteiger partial charge < -0.3 is 15.3 Å². The van der Waals surface area contributed by atoms with Gasteiger partial charge in [0.2, 0.25) is 0 Å². The predicted molar refractivity (Wildman–Crippen MR) is 70.8 cm³/mol. The van der Waals surface area contributed by atoms with Crippen molar-refractivity contribution in [3.8, 4) is 0 Å². The van der Waals surface area contributed by atoms with E-state index in [9.17, 15) is 18.0 Å². The van der Waals surface area contributed by atoms with Crippen molar-refractivity contribution in [1.29, 1.82) is 0 Å². The summed E-state index contributed by atoms with van der Waals surface area (Å²) >= 11 is 3.01. The van der Waals surface area contributed by atoms with Crippen LogP contribution in [0.25, 0.3) is 0 Å². The van der Waals surface area contributed by atoms with Gasteiger partial charge in [0.1, 0.15) is 6.04 Å². The first-order valence-electron chi connectivity index (χ1n) is 5.87. The van der Waals surface area contributed by atoms with Crippen LogP contribution in [-0.4, -0.2) is 36.8 Å². The summed E-state index contributed by atoms with van der Waals surface area (Å²) in [4.78, 5) is 12.5. The Bertz CT molecular complexity index is 522. The van der Waals surface area contributed by atoms with Crippen LogP contribution in [0.5, 0.6) is 0 Å². The number of alkyl halides is 3. The molecule has 1 aromatic rings. The van der Waals surface area contributed by atoms with Crippen LogP contribution in [0.4, 0.5) is 18.9 Å². The monoisotopic (exact) mass is 352 g/mol. The molecule has 110 valence electrons. The van der Waals surface area contributed by atoms with Gasteiger partial charge in [0.25, 0.3) is 0 Å². The number of halogens is 4. The third-order valence-corrected chi connectivity index (χ3v) is 3.60. The molecule has 1 fully saturated rings. The third-order valence-electron chi connectivity index (χ3n) is 3.10. The van der Waals surface area contributed by atoms with Crippen molar-refractivity contribution >= 4 is 27.6 Å². The van der Waals surface area contributed by atoms with E-state index < -0.39 is 23.8 Å². The summed E-state index contributed by atoms with van der Waals surface area (Å²) in [6, 6.07) is 2.74. The smallest absolute Gasteiger partial charge is 0.418 e. The lowest BCUT2D eigenvalue weighted by atomic mass is 10.1. The summed E-state index contributed by atoms with van der Waals surface area (Å²) in [5, 5.41) is 12.0. The van der Waals surface area contributed by atoms with Crippen molar-refractivity contribution in [1.82, 2.24) is 5.32 Å². The standard InChI is InChI=1S/C12H12BrF3N2O2/c13-7-1-2-9(8(5-7)12(14,15)16)18-4-3-17-6-10(18)11(19)20/h1-2,5,10,17H,3-4,6H2,(H,19,20). The second-order valence-corrected chi connectivity index (χ2v) is 5.33. The molecule has 2 rings (SSSR count). The summed E-state index contributed by atoms with van der Waals surface area (Å²) in [6.07, 6.45) is -4.53. The molecule has 1 heterocycles. The quantitative estimate of drug-likeness (QED) is 0.857. The highest BCUT2D eigenvalue weighted by atomic mass is 79.9. The Labute approximate surface area is 121 Å². The van der Waals surface area contributed by atoms with Gasteiger partial charge in [-0.25, -0.2) is 4.79 Å². The molecule has 1 atom stereocenters. The second kappa shape index (κ2) is 5.61. The molecule has 1 aliphatic heterocycles. The lowest BCUT2D eigenvalue weighted by molar-refractivity contribution is -0.140. The molecule has 0 amide bonds. The molecular weight excluding hydrogens is 341 g/mol. The fourth-order valence-electron chi connectivity index (χ4n) is 2.20. The number of rotatable bonds is 2. The lowest BCUT2D eigenvalue weighted by Gasteiger charge is -2.36. The van der Waals surface area contributed by atoms with E-state index in [0.29, 0.717) is 11.0 Å². The average molecular weight is 353 g/mol. The second-order valence-electron chi connectivity index (χ2n) is 4.41. The molecule has 0 radical (unpaired) electrons. The Kier molecular flexibility index (Phi) is 4.24. The normalized spacial score (nSPS) is 20.0. The average Bonchev–Trinajstić information content (AvgIpc) is 2.37. The van der Waals surface area contributed by atoms with Crippen molar-refractivity contribution in [2.24, 2.45) is 0 Å². The number of hydrogen-bond donors (Lipinski definition) is 2. The van der Waals surface area contributed by atoms with Crippen molar-refractivity contribution in [2.75, 3.05) is 24.5 Å². The molecule has 0 aliphatic carbocycles. The van der Waals surface area contributed by atoms with E-state index >= 15 is 0 Å². The molecule has 20 heavy (non-hydrogen) atoms. The Hall–Kier alpha value is -1.28.